The van der Waals surface area contributed by atoms with Crippen molar-refractivity contribution in [3.63, 3.8) is 0 Å². The van der Waals surface area contributed by atoms with Crippen LogP contribution in [0.25, 0.3) is 0 Å². The van der Waals surface area contributed by atoms with Crippen molar-refractivity contribution in [2.75, 3.05) is 23.9 Å². The number of aryl methyl sites for hydroxylation is 1. The normalized spacial score (nSPS) is 15.5. The number of methoxy groups -OCH3 is 1. The summed E-state index contributed by atoms with van der Waals surface area (Å²) in [5.74, 6) is 0.0312. The van der Waals surface area contributed by atoms with Crippen LogP contribution < -0.4 is 15.0 Å². The van der Waals surface area contributed by atoms with Crippen LogP contribution in [-0.2, 0) is 16.0 Å². The minimum Gasteiger partial charge on any atom is -0.497 e. The Labute approximate surface area is 198 Å². The maximum absolute atomic E-state index is 13.4. The standard InChI is InChI=1S/C27H27N3O4/c1-19-7-6-10-22(17-19)30-26(32)24(18-25(31)28-21-8-4-3-5-9-21)29(27(30)33)16-15-20-11-13-23(34-2)14-12-20/h3-14,17,24H,15-16,18H2,1-2H3,(H,28,31)/t24-/m0/s1. The van der Waals surface area contributed by atoms with E-state index in [1.165, 1.54) is 9.80 Å². The van der Waals surface area contributed by atoms with E-state index in [2.05, 4.69) is 5.32 Å². The summed E-state index contributed by atoms with van der Waals surface area (Å²) in [6.45, 7) is 2.21. The van der Waals surface area contributed by atoms with Crippen molar-refractivity contribution >= 4 is 29.2 Å². The van der Waals surface area contributed by atoms with Crippen molar-refractivity contribution < 1.29 is 19.1 Å². The molecule has 1 aliphatic rings. The van der Waals surface area contributed by atoms with Crippen LogP contribution in [0.1, 0.15) is 17.5 Å². The van der Waals surface area contributed by atoms with Crippen molar-refractivity contribution in [2.45, 2.75) is 25.8 Å². The lowest BCUT2D eigenvalue weighted by Gasteiger charge is -2.21. The van der Waals surface area contributed by atoms with Gasteiger partial charge in [0.15, 0.2) is 0 Å². The van der Waals surface area contributed by atoms with Gasteiger partial charge in [-0.1, -0.05) is 42.5 Å². The van der Waals surface area contributed by atoms with Crippen LogP contribution in [-0.4, -0.2) is 42.4 Å². The van der Waals surface area contributed by atoms with Crippen LogP contribution in [0.5, 0.6) is 5.75 Å². The van der Waals surface area contributed by atoms with Gasteiger partial charge < -0.3 is 15.0 Å². The van der Waals surface area contributed by atoms with Crippen LogP contribution in [0.3, 0.4) is 0 Å². The third kappa shape index (κ3) is 5.09. The third-order valence-corrected chi connectivity index (χ3v) is 5.82. The molecule has 3 aromatic rings. The molecule has 174 valence electrons. The maximum Gasteiger partial charge on any atom is 0.332 e. The monoisotopic (exact) mass is 457 g/mol. The average Bonchev–Trinajstić information content (AvgIpc) is 3.07. The Hall–Kier alpha value is -4.13. The number of rotatable bonds is 8. The number of carbonyl (C=O) groups excluding carboxylic acids is 3. The molecule has 7 nitrogen and oxygen atoms in total. The molecule has 1 aliphatic heterocycles. The molecule has 7 heteroatoms. The largest absolute Gasteiger partial charge is 0.497 e. The van der Waals surface area contributed by atoms with Gasteiger partial charge >= 0.3 is 6.03 Å². The molecule has 0 bridgehead atoms. The predicted octanol–water partition coefficient (Wildman–Crippen LogP) is 4.41. The van der Waals surface area contributed by atoms with Crippen molar-refractivity contribution in [1.82, 2.24) is 4.90 Å². The second kappa shape index (κ2) is 10.2. The average molecular weight is 458 g/mol. The first-order valence-corrected chi connectivity index (χ1v) is 11.2. The maximum atomic E-state index is 13.4. The Bertz CT molecular complexity index is 1180. The molecule has 1 N–H and O–H groups in total. The van der Waals surface area contributed by atoms with Crippen LogP contribution in [0, 0.1) is 6.92 Å². The Balaban J connectivity index is 1.55. The highest BCUT2D eigenvalue weighted by atomic mass is 16.5. The lowest BCUT2D eigenvalue weighted by molar-refractivity contribution is -0.124. The molecule has 0 radical (unpaired) electrons. The van der Waals surface area contributed by atoms with Gasteiger partial charge in [0.2, 0.25) is 5.91 Å². The number of imide groups is 1. The van der Waals surface area contributed by atoms with E-state index in [4.69, 9.17) is 4.74 Å². The number of hydrogen-bond donors (Lipinski definition) is 1. The van der Waals surface area contributed by atoms with Crippen molar-refractivity contribution in [3.05, 3.63) is 90.0 Å². The number of carbonyl (C=O) groups is 3. The number of nitrogens with one attached hydrogen (secondary N) is 1. The van der Waals surface area contributed by atoms with E-state index in [1.807, 2.05) is 61.5 Å². The molecule has 4 amide bonds. The molecule has 0 aromatic heterocycles. The molecule has 1 saturated heterocycles. The molecule has 0 saturated carbocycles. The number of ether oxygens (including phenoxy) is 1. The number of hydrogen-bond acceptors (Lipinski definition) is 4. The topological polar surface area (TPSA) is 79.0 Å². The van der Waals surface area contributed by atoms with Crippen molar-refractivity contribution in [1.29, 1.82) is 0 Å². The van der Waals surface area contributed by atoms with E-state index in [0.29, 0.717) is 24.3 Å². The van der Waals surface area contributed by atoms with Crippen molar-refractivity contribution in [2.24, 2.45) is 0 Å². The zero-order chi connectivity index (χ0) is 24.1. The number of benzene rings is 3. The Morgan fingerprint density at radius 2 is 1.71 bits per heavy atom. The summed E-state index contributed by atoms with van der Waals surface area (Å²) in [5.41, 5.74) is 3.09. The fraction of sp³-hybridized carbons (Fsp3) is 0.222. The minimum absolute atomic E-state index is 0.121. The number of anilines is 2. The fourth-order valence-corrected chi connectivity index (χ4v) is 4.04. The molecule has 0 spiro atoms. The van der Waals surface area contributed by atoms with Gasteiger partial charge in [-0.3, -0.25) is 9.59 Å². The summed E-state index contributed by atoms with van der Waals surface area (Å²) >= 11 is 0. The van der Waals surface area contributed by atoms with Crippen LogP contribution in [0.2, 0.25) is 0 Å². The highest BCUT2D eigenvalue weighted by Crippen LogP contribution is 2.28. The van der Waals surface area contributed by atoms with Crippen molar-refractivity contribution in [3.8, 4) is 5.75 Å². The third-order valence-electron chi connectivity index (χ3n) is 5.82. The lowest BCUT2D eigenvalue weighted by Crippen LogP contribution is -2.39. The van der Waals surface area contributed by atoms with E-state index in [0.717, 1.165) is 16.9 Å². The number of para-hydroxylation sites is 1. The quantitative estimate of drug-likeness (QED) is 0.508. The summed E-state index contributed by atoms with van der Waals surface area (Å²) in [5, 5.41) is 2.81. The Morgan fingerprint density at radius 3 is 2.38 bits per heavy atom. The zero-order valence-corrected chi connectivity index (χ0v) is 19.2. The molecular weight excluding hydrogens is 430 g/mol. The number of urea groups is 1. The molecule has 0 unspecified atom stereocenters. The minimum atomic E-state index is -0.880. The summed E-state index contributed by atoms with van der Waals surface area (Å²) in [4.78, 5) is 42.2. The smallest absolute Gasteiger partial charge is 0.332 e. The van der Waals surface area contributed by atoms with E-state index in [1.54, 1.807) is 31.4 Å². The summed E-state index contributed by atoms with van der Waals surface area (Å²) in [7, 11) is 1.61. The Kier molecular flexibility index (Phi) is 6.92. The highest BCUT2D eigenvalue weighted by Gasteiger charge is 2.46. The first kappa shape index (κ1) is 23.0. The second-order valence-corrected chi connectivity index (χ2v) is 8.22. The van der Waals surface area contributed by atoms with Gasteiger partial charge in [0, 0.05) is 12.2 Å². The molecular formula is C27H27N3O4. The molecule has 1 heterocycles. The molecule has 4 rings (SSSR count). The molecule has 34 heavy (non-hydrogen) atoms. The zero-order valence-electron chi connectivity index (χ0n) is 19.2. The van der Waals surface area contributed by atoms with E-state index < -0.39 is 18.0 Å². The van der Waals surface area contributed by atoms with Gasteiger partial charge in [-0.15, -0.1) is 0 Å². The summed E-state index contributed by atoms with van der Waals surface area (Å²) in [6.07, 6.45) is 0.422. The first-order valence-electron chi connectivity index (χ1n) is 11.2. The van der Waals surface area contributed by atoms with Crippen LogP contribution >= 0.6 is 0 Å². The fourth-order valence-electron chi connectivity index (χ4n) is 4.04. The van der Waals surface area contributed by atoms with Crippen LogP contribution in [0.15, 0.2) is 78.9 Å². The second-order valence-electron chi connectivity index (χ2n) is 8.22. The molecule has 0 aliphatic carbocycles. The molecule has 1 fully saturated rings. The van der Waals surface area contributed by atoms with Gasteiger partial charge in [-0.25, -0.2) is 9.69 Å². The van der Waals surface area contributed by atoms with Gasteiger partial charge in [-0.2, -0.15) is 0 Å². The van der Waals surface area contributed by atoms with E-state index >= 15 is 0 Å². The SMILES string of the molecule is COc1ccc(CCN2C(=O)N(c3cccc(C)c3)C(=O)[C@@H]2CC(=O)Nc2ccccc2)cc1. The van der Waals surface area contributed by atoms with Gasteiger partial charge in [0.25, 0.3) is 5.91 Å². The molecule has 3 aromatic carbocycles. The lowest BCUT2D eigenvalue weighted by atomic mass is 10.1. The van der Waals surface area contributed by atoms with Gasteiger partial charge in [0.1, 0.15) is 11.8 Å². The molecule has 1 atom stereocenters. The number of amides is 4. The van der Waals surface area contributed by atoms with Gasteiger partial charge in [-0.05, 0) is 60.9 Å². The van der Waals surface area contributed by atoms with E-state index in [-0.39, 0.29) is 12.3 Å². The first-order chi connectivity index (χ1) is 16.5. The number of nitrogens with zero attached hydrogens (tertiary/aromatic N) is 2. The summed E-state index contributed by atoms with van der Waals surface area (Å²) in [6, 6.07) is 22.6. The predicted molar refractivity (Wildman–Crippen MR) is 131 cm³/mol. The highest BCUT2D eigenvalue weighted by molar-refractivity contribution is 6.22. The van der Waals surface area contributed by atoms with E-state index in [9.17, 15) is 14.4 Å². The summed E-state index contributed by atoms with van der Waals surface area (Å²) < 4.78 is 5.20. The van der Waals surface area contributed by atoms with Gasteiger partial charge in [0.05, 0.1) is 19.2 Å². The Morgan fingerprint density at radius 1 is 0.971 bits per heavy atom. The van der Waals surface area contributed by atoms with Crippen LogP contribution in [0.4, 0.5) is 16.2 Å².